The summed E-state index contributed by atoms with van der Waals surface area (Å²) in [7, 11) is 0. The van der Waals surface area contributed by atoms with Crippen LogP contribution in [0.25, 0.3) is 44.7 Å². The average molecular weight is 354 g/mol. The fourth-order valence-corrected chi connectivity index (χ4v) is 3.33. The van der Waals surface area contributed by atoms with Crippen LogP contribution < -0.4 is 5.69 Å². The molecule has 2 aromatic carbocycles. The zero-order chi connectivity index (χ0) is 18.4. The summed E-state index contributed by atoms with van der Waals surface area (Å²) in [4.78, 5) is 35.5. The first-order valence-corrected chi connectivity index (χ1v) is 8.46. The van der Waals surface area contributed by atoms with Crippen molar-refractivity contribution in [3.63, 3.8) is 0 Å². The zero-order valence-electron chi connectivity index (χ0n) is 14.4. The molecule has 5 aromatic rings. The van der Waals surface area contributed by atoms with Gasteiger partial charge in [0.25, 0.3) is 0 Å². The number of aromatic amines is 2. The summed E-state index contributed by atoms with van der Waals surface area (Å²) < 4.78 is 0. The molecule has 2 N–H and O–H groups in total. The lowest BCUT2D eigenvalue weighted by Gasteiger charge is -2.12. The standard InChI is InChI=1S/C20H14N6O/c1-11-5-4-7-13(16(11)19-21-9-15-18(26-19)23-10-22-15)17-12-6-2-3-8-14(12)24-20(27)25-17/h2-10H,1H3,(H,24,25,27)(H,21,22,23,26). The van der Waals surface area contributed by atoms with E-state index in [4.69, 9.17) is 0 Å². The number of hydrogen-bond acceptors (Lipinski definition) is 5. The highest BCUT2D eigenvalue weighted by atomic mass is 16.1. The number of nitrogens with zero attached hydrogens (tertiary/aromatic N) is 4. The Bertz CT molecular complexity index is 1370. The smallest absolute Gasteiger partial charge is 0.342 e. The molecule has 0 radical (unpaired) electrons. The van der Waals surface area contributed by atoms with Crippen LogP contribution in [-0.2, 0) is 0 Å². The molecule has 0 spiro atoms. The van der Waals surface area contributed by atoms with Crippen LogP contribution in [0, 0.1) is 6.92 Å². The Morgan fingerprint density at radius 1 is 0.926 bits per heavy atom. The molecule has 0 saturated heterocycles. The molecule has 0 aliphatic heterocycles. The highest BCUT2D eigenvalue weighted by Crippen LogP contribution is 2.34. The molecule has 0 bridgehead atoms. The number of benzene rings is 2. The number of aryl methyl sites for hydroxylation is 1. The summed E-state index contributed by atoms with van der Waals surface area (Å²) in [6.07, 6.45) is 3.30. The van der Waals surface area contributed by atoms with Crippen molar-refractivity contribution >= 4 is 22.1 Å². The van der Waals surface area contributed by atoms with Crippen molar-refractivity contribution in [2.75, 3.05) is 0 Å². The van der Waals surface area contributed by atoms with E-state index in [0.29, 0.717) is 17.2 Å². The molecule has 0 atom stereocenters. The minimum Gasteiger partial charge on any atom is -0.342 e. The summed E-state index contributed by atoms with van der Waals surface area (Å²) in [6, 6.07) is 13.5. The molecule has 0 aliphatic rings. The van der Waals surface area contributed by atoms with Crippen molar-refractivity contribution in [2.24, 2.45) is 0 Å². The number of imidazole rings is 1. The van der Waals surface area contributed by atoms with Gasteiger partial charge in [-0.05, 0) is 18.6 Å². The van der Waals surface area contributed by atoms with E-state index in [9.17, 15) is 4.79 Å². The minimum absolute atomic E-state index is 0.389. The zero-order valence-corrected chi connectivity index (χ0v) is 14.4. The fraction of sp³-hybridized carbons (Fsp3) is 0.0500. The van der Waals surface area contributed by atoms with Gasteiger partial charge >= 0.3 is 5.69 Å². The Labute approximate surface area is 153 Å². The van der Waals surface area contributed by atoms with Gasteiger partial charge in [-0.1, -0.05) is 36.4 Å². The van der Waals surface area contributed by atoms with Crippen LogP contribution in [0.5, 0.6) is 0 Å². The molecule has 0 fully saturated rings. The molecule has 130 valence electrons. The van der Waals surface area contributed by atoms with E-state index in [1.54, 1.807) is 12.5 Å². The van der Waals surface area contributed by atoms with E-state index in [0.717, 1.165) is 33.1 Å². The van der Waals surface area contributed by atoms with E-state index < -0.39 is 0 Å². The van der Waals surface area contributed by atoms with Gasteiger partial charge in [0.1, 0.15) is 5.52 Å². The Hall–Kier alpha value is -3.87. The summed E-state index contributed by atoms with van der Waals surface area (Å²) >= 11 is 0. The van der Waals surface area contributed by atoms with Crippen LogP contribution in [0.3, 0.4) is 0 Å². The first kappa shape index (κ1) is 15.4. The monoisotopic (exact) mass is 354 g/mol. The van der Waals surface area contributed by atoms with E-state index in [2.05, 4.69) is 29.9 Å². The second-order valence-electron chi connectivity index (χ2n) is 6.27. The maximum absolute atomic E-state index is 12.1. The first-order chi connectivity index (χ1) is 13.2. The van der Waals surface area contributed by atoms with Gasteiger partial charge in [0.2, 0.25) is 0 Å². The van der Waals surface area contributed by atoms with Crippen LogP contribution in [0.1, 0.15) is 5.56 Å². The predicted octanol–water partition coefficient (Wildman–Crippen LogP) is 3.23. The predicted molar refractivity (Wildman–Crippen MR) is 103 cm³/mol. The molecule has 0 amide bonds. The van der Waals surface area contributed by atoms with E-state index in [1.165, 1.54) is 0 Å². The summed E-state index contributed by atoms with van der Waals surface area (Å²) in [6.45, 7) is 1.99. The molecule has 3 heterocycles. The number of nitrogens with one attached hydrogen (secondary N) is 2. The molecule has 0 saturated carbocycles. The summed E-state index contributed by atoms with van der Waals surface area (Å²) in [5, 5.41) is 0.866. The number of hydrogen-bond donors (Lipinski definition) is 2. The molecule has 7 nitrogen and oxygen atoms in total. The number of fused-ring (bicyclic) bond motifs is 2. The van der Waals surface area contributed by atoms with Gasteiger partial charge in [0.05, 0.1) is 23.7 Å². The summed E-state index contributed by atoms with van der Waals surface area (Å²) in [5.74, 6) is 0.550. The van der Waals surface area contributed by atoms with Crippen LogP contribution in [0.15, 0.2) is 59.8 Å². The van der Waals surface area contributed by atoms with Crippen LogP contribution >= 0.6 is 0 Å². The Balaban J connectivity index is 1.85. The van der Waals surface area contributed by atoms with Crippen molar-refractivity contribution in [1.82, 2.24) is 29.9 Å². The van der Waals surface area contributed by atoms with Crippen LogP contribution in [0.2, 0.25) is 0 Å². The molecule has 3 aromatic heterocycles. The lowest BCUT2D eigenvalue weighted by Crippen LogP contribution is -2.11. The number of para-hydroxylation sites is 1. The topological polar surface area (TPSA) is 100 Å². The van der Waals surface area contributed by atoms with Crippen molar-refractivity contribution < 1.29 is 0 Å². The third-order valence-corrected chi connectivity index (χ3v) is 4.56. The third kappa shape index (κ3) is 2.48. The Morgan fingerprint density at radius 2 is 1.81 bits per heavy atom. The molecular formula is C20H14N6O. The molecule has 0 unspecified atom stereocenters. The Kier molecular flexibility index (Phi) is 3.33. The minimum atomic E-state index is -0.389. The maximum Gasteiger partial charge on any atom is 0.345 e. The molecule has 5 rings (SSSR count). The average Bonchev–Trinajstić information content (AvgIpc) is 3.15. The lowest BCUT2D eigenvalue weighted by atomic mass is 9.96. The van der Waals surface area contributed by atoms with Crippen LogP contribution in [0.4, 0.5) is 0 Å². The normalized spacial score (nSPS) is 11.3. The third-order valence-electron chi connectivity index (χ3n) is 4.56. The molecule has 0 aliphatic carbocycles. The lowest BCUT2D eigenvalue weighted by molar-refractivity contribution is 1.12. The number of rotatable bonds is 2. The van der Waals surface area contributed by atoms with Crippen molar-refractivity contribution in [3.8, 4) is 22.6 Å². The van der Waals surface area contributed by atoms with Gasteiger partial charge in [-0.25, -0.2) is 19.7 Å². The highest BCUT2D eigenvalue weighted by Gasteiger charge is 2.17. The van der Waals surface area contributed by atoms with Crippen molar-refractivity contribution in [2.45, 2.75) is 6.92 Å². The van der Waals surface area contributed by atoms with Crippen molar-refractivity contribution in [1.29, 1.82) is 0 Å². The first-order valence-electron chi connectivity index (χ1n) is 8.46. The fourth-order valence-electron chi connectivity index (χ4n) is 3.33. The largest absolute Gasteiger partial charge is 0.345 e. The second-order valence-corrected chi connectivity index (χ2v) is 6.27. The van der Waals surface area contributed by atoms with Gasteiger partial charge in [-0.3, -0.25) is 0 Å². The van der Waals surface area contributed by atoms with Gasteiger partial charge in [-0.2, -0.15) is 4.98 Å². The molecule has 27 heavy (non-hydrogen) atoms. The van der Waals surface area contributed by atoms with Gasteiger partial charge < -0.3 is 9.97 Å². The Morgan fingerprint density at radius 3 is 2.74 bits per heavy atom. The molecule has 7 heteroatoms. The number of H-pyrrole nitrogens is 2. The van der Waals surface area contributed by atoms with Gasteiger partial charge in [0.15, 0.2) is 11.5 Å². The van der Waals surface area contributed by atoms with E-state index in [-0.39, 0.29) is 5.69 Å². The maximum atomic E-state index is 12.1. The SMILES string of the molecule is Cc1cccc(-c2nc(=O)[nH]c3ccccc23)c1-c1ncc2[nH]cnc2n1. The van der Waals surface area contributed by atoms with Crippen molar-refractivity contribution in [3.05, 3.63) is 71.0 Å². The highest BCUT2D eigenvalue weighted by molar-refractivity contribution is 5.96. The summed E-state index contributed by atoms with van der Waals surface area (Å²) in [5.41, 5.74) is 4.97. The van der Waals surface area contributed by atoms with E-state index in [1.807, 2.05) is 49.4 Å². The van der Waals surface area contributed by atoms with Gasteiger partial charge in [0, 0.05) is 16.5 Å². The molecular weight excluding hydrogens is 340 g/mol. The van der Waals surface area contributed by atoms with E-state index >= 15 is 0 Å². The van der Waals surface area contributed by atoms with Crippen LogP contribution in [-0.4, -0.2) is 29.9 Å². The van der Waals surface area contributed by atoms with Gasteiger partial charge in [-0.15, -0.1) is 0 Å². The quantitative estimate of drug-likeness (QED) is 0.507. The number of aromatic nitrogens is 6. The second kappa shape index (κ2) is 5.84.